The predicted octanol–water partition coefficient (Wildman–Crippen LogP) is 2.96. The lowest BCUT2D eigenvalue weighted by atomic mass is 9.85. The van der Waals surface area contributed by atoms with Gasteiger partial charge in [0.05, 0.1) is 10.7 Å². The van der Waals surface area contributed by atoms with E-state index in [0.29, 0.717) is 22.0 Å². The third kappa shape index (κ3) is 3.83. The Balaban J connectivity index is 1.71. The number of imide groups is 2. The van der Waals surface area contributed by atoms with Crippen molar-refractivity contribution in [2.45, 2.75) is 45.6 Å². The zero-order chi connectivity index (χ0) is 19.7. The van der Waals surface area contributed by atoms with E-state index in [1.54, 1.807) is 18.2 Å². The van der Waals surface area contributed by atoms with E-state index < -0.39 is 30.3 Å². The van der Waals surface area contributed by atoms with Gasteiger partial charge >= 0.3 is 17.8 Å². The van der Waals surface area contributed by atoms with Crippen LogP contribution in [0.15, 0.2) is 18.2 Å². The van der Waals surface area contributed by atoms with Crippen molar-refractivity contribution in [2.24, 2.45) is 5.92 Å². The molecule has 0 spiro atoms. The summed E-state index contributed by atoms with van der Waals surface area (Å²) in [7, 11) is 0. The van der Waals surface area contributed by atoms with E-state index >= 15 is 0 Å². The van der Waals surface area contributed by atoms with Crippen molar-refractivity contribution in [3.05, 3.63) is 28.8 Å². The van der Waals surface area contributed by atoms with E-state index in [4.69, 9.17) is 11.6 Å². The Morgan fingerprint density at radius 2 is 1.89 bits per heavy atom. The molecule has 1 saturated heterocycles. The van der Waals surface area contributed by atoms with Crippen molar-refractivity contribution in [1.82, 2.24) is 9.80 Å². The van der Waals surface area contributed by atoms with Crippen LogP contribution in [0.4, 0.5) is 10.5 Å². The number of nitrogens with one attached hydrogen (secondary N) is 1. The number of urea groups is 1. The summed E-state index contributed by atoms with van der Waals surface area (Å²) < 4.78 is 0. The SMILES string of the molecule is Cc1ccc(NC(=O)CN2C(=O)C(=O)N([C@@H]3CCCC[C@@H]3C)C2=O)c(Cl)c1. The van der Waals surface area contributed by atoms with Gasteiger partial charge in [-0.3, -0.25) is 19.3 Å². The van der Waals surface area contributed by atoms with Crippen LogP contribution >= 0.6 is 11.6 Å². The number of carbonyl (C=O) groups excluding carboxylic acids is 4. The highest BCUT2D eigenvalue weighted by Crippen LogP contribution is 2.31. The van der Waals surface area contributed by atoms with Gasteiger partial charge in [-0.25, -0.2) is 9.69 Å². The number of nitrogens with zero attached hydrogens (tertiary/aromatic N) is 2. The molecule has 8 heteroatoms. The molecule has 3 rings (SSSR count). The minimum Gasteiger partial charge on any atom is -0.323 e. The van der Waals surface area contributed by atoms with Crippen LogP contribution in [0.2, 0.25) is 5.02 Å². The number of aryl methyl sites for hydroxylation is 1. The average Bonchev–Trinajstić information content (AvgIpc) is 2.82. The van der Waals surface area contributed by atoms with E-state index in [0.717, 1.165) is 29.7 Å². The number of benzene rings is 1. The normalized spacial score (nSPS) is 23.1. The molecule has 7 nitrogen and oxygen atoms in total. The van der Waals surface area contributed by atoms with Gasteiger partial charge in [0.25, 0.3) is 0 Å². The van der Waals surface area contributed by atoms with Crippen LogP contribution in [0.25, 0.3) is 0 Å². The first-order valence-electron chi connectivity index (χ1n) is 9.04. The summed E-state index contributed by atoms with van der Waals surface area (Å²) in [6.45, 7) is 3.32. The van der Waals surface area contributed by atoms with Gasteiger partial charge < -0.3 is 5.32 Å². The molecule has 0 unspecified atom stereocenters. The van der Waals surface area contributed by atoms with E-state index in [-0.39, 0.29) is 12.0 Å². The van der Waals surface area contributed by atoms with Gasteiger partial charge in [-0.15, -0.1) is 0 Å². The molecule has 1 saturated carbocycles. The molecule has 0 aromatic heterocycles. The Morgan fingerprint density at radius 1 is 1.19 bits per heavy atom. The number of anilines is 1. The predicted molar refractivity (Wildman–Crippen MR) is 100 cm³/mol. The molecule has 0 bridgehead atoms. The van der Waals surface area contributed by atoms with E-state index in [1.807, 2.05) is 13.8 Å². The molecule has 27 heavy (non-hydrogen) atoms. The highest BCUT2D eigenvalue weighted by molar-refractivity contribution is 6.45. The molecule has 1 aromatic rings. The number of halogens is 1. The quantitative estimate of drug-likeness (QED) is 0.631. The Morgan fingerprint density at radius 3 is 2.56 bits per heavy atom. The van der Waals surface area contributed by atoms with Crippen LogP contribution < -0.4 is 5.32 Å². The molecule has 144 valence electrons. The van der Waals surface area contributed by atoms with Crippen LogP contribution in [0, 0.1) is 12.8 Å². The summed E-state index contributed by atoms with van der Waals surface area (Å²) in [4.78, 5) is 51.4. The van der Waals surface area contributed by atoms with Crippen molar-refractivity contribution >= 4 is 41.0 Å². The second-order valence-electron chi connectivity index (χ2n) is 7.21. The van der Waals surface area contributed by atoms with Gasteiger partial charge in [-0.2, -0.15) is 0 Å². The minimum absolute atomic E-state index is 0.139. The highest BCUT2D eigenvalue weighted by atomic mass is 35.5. The van der Waals surface area contributed by atoms with Crippen molar-refractivity contribution < 1.29 is 19.2 Å². The van der Waals surface area contributed by atoms with Crippen LogP contribution in [0.5, 0.6) is 0 Å². The van der Waals surface area contributed by atoms with E-state index in [2.05, 4.69) is 5.32 Å². The van der Waals surface area contributed by atoms with Crippen molar-refractivity contribution in [3.63, 3.8) is 0 Å². The lowest BCUT2D eigenvalue weighted by molar-refractivity contribution is -0.145. The van der Waals surface area contributed by atoms with Gasteiger partial charge in [-0.05, 0) is 43.4 Å². The van der Waals surface area contributed by atoms with Crippen LogP contribution in [-0.2, 0) is 14.4 Å². The Kier molecular flexibility index (Phi) is 5.51. The first-order valence-corrected chi connectivity index (χ1v) is 9.42. The molecule has 2 atom stereocenters. The first-order chi connectivity index (χ1) is 12.8. The molecule has 1 aliphatic heterocycles. The molecule has 1 aromatic carbocycles. The molecule has 5 amide bonds. The van der Waals surface area contributed by atoms with Crippen LogP contribution in [0.1, 0.15) is 38.2 Å². The van der Waals surface area contributed by atoms with Crippen molar-refractivity contribution in [1.29, 1.82) is 0 Å². The summed E-state index contributed by atoms with van der Waals surface area (Å²) in [5.41, 5.74) is 1.32. The van der Waals surface area contributed by atoms with Gasteiger partial charge in [0.2, 0.25) is 5.91 Å². The highest BCUT2D eigenvalue weighted by Gasteiger charge is 2.49. The Hall–Kier alpha value is -2.41. The lowest BCUT2D eigenvalue weighted by Gasteiger charge is -2.34. The monoisotopic (exact) mass is 391 g/mol. The van der Waals surface area contributed by atoms with Crippen LogP contribution in [0.3, 0.4) is 0 Å². The number of rotatable bonds is 4. The van der Waals surface area contributed by atoms with Gasteiger partial charge in [0, 0.05) is 6.04 Å². The molecule has 1 heterocycles. The van der Waals surface area contributed by atoms with Crippen molar-refractivity contribution in [2.75, 3.05) is 11.9 Å². The molecule has 0 radical (unpaired) electrons. The van der Waals surface area contributed by atoms with E-state index in [1.165, 1.54) is 0 Å². The van der Waals surface area contributed by atoms with E-state index in [9.17, 15) is 19.2 Å². The first kappa shape index (κ1) is 19.4. The Bertz CT molecular complexity index is 810. The van der Waals surface area contributed by atoms with Gasteiger partial charge in [0.1, 0.15) is 6.54 Å². The molecule has 1 N–H and O–H groups in total. The van der Waals surface area contributed by atoms with Crippen molar-refractivity contribution in [3.8, 4) is 0 Å². The number of hydrogen-bond donors (Lipinski definition) is 1. The standard InChI is InChI=1S/C19H22ClN3O4/c1-11-7-8-14(13(20)9-11)21-16(24)10-22-17(25)18(26)23(19(22)27)15-6-4-3-5-12(15)2/h7-9,12,15H,3-6,10H2,1-2H3,(H,21,24)/t12-,15+/m0/s1. The molecule has 1 aliphatic carbocycles. The maximum Gasteiger partial charge on any atom is 0.334 e. The fourth-order valence-electron chi connectivity index (χ4n) is 3.69. The summed E-state index contributed by atoms with van der Waals surface area (Å²) in [6.07, 6.45) is 3.55. The lowest BCUT2D eigenvalue weighted by Crippen LogP contribution is -2.46. The third-order valence-electron chi connectivity index (χ3n) is 5.18. The molecular formula is C19H22ClN3O4. The number of carbonyl (C=O) groups is 4. The fourth-order valence-corrected chi connectivity index (χ4v) is 3.97. The maximum atomic E-state index is 12.7. The summed E-state index contributed by atoms with van der Waals surface area (Å²) in [5, 5.41) is 2.93. The summed E-state index contributed by atoms with van der Waals surface area (Å²) >= 11 is 6.09. The fraction of sp³-hybridized carbons (Fsp3) is 0.474. The van der Waals surface area contributed by atoms with Crippen LogP contribution in [-0.4, -0.2) is 46.1 Å². The topological polar surface area (TPSA) is 86.8 Å². The zero-order valence-electron chi connectivity index (χ0n) is 15.3. The summed E-state index contributed by atoms with van der Waals surface area (Å²) in [6, 6.07) is 4.11. The molecular weight excluding hydrogens is 370 g/mol. The average molecular weight is 392 g/mol. The van der Waals surface area contributed by atoms with Gasteiger partial charge in [0.15, 0.2) is 0 Å². The number of amides is 5. The molecule has 2 aliphatic rings. The largest absolute Gasteiger partial charge is 0.334 e. The smallest absolute Gasteiger partial charge is 0.323 e. The van der Waals surface area contributed by atoms with Gasteiger partial charge in [-0.1, -0.05) is 37.4 Å². The number of hydrogen-bond acceptors (Lipinski definition) is 4. The molecule has 2 fully saturated rings. The second kappa shape index (κ2) is 7.68. The third-order valence-corrected chi connectivity index (χ3v) is 5.49. The maximum absolute atomic E-state index is 12.7. The second-order valence-corrected chi connectivity index (χ2v) is 7.62. The minimum atomic E-state index is -0.956. The Labute approximate surface area is 162 Å². The summed E-state index contributed by atoms with van der Waals surface area (Å²) in [5.74, 6) is -2.25. The zero-order valence-corrected chi connectivity index (χ0v) is 16.1.